The number of hydroxylamine groups is 1. The minimum atomic E-state index is -2.40. The zero-order valence-electron chi connectivity index (χ0n) is 65.7. The molecule has 8 heterocycles. The summed E-state index contributed by atoms with van der Waals surface area (Å²) in [4.78, 5) is 149. The molecular weight excluding hydrogens is 1700 g/mol. The van der Waals surface area contributed by atoms with Crippen LogP contribution in [0.15, 0.2) is 114 Å². The molecule has 18 atom stereocenters. The van der Waals surface area contributed by atoms with Crippen LogP contribution in [0, 0.1) is 5.92 Å². The maximum atomic E-state index is 16.3. The summed E-state index contributed by atoms with van der Waals surface area (Å²) in [5.41, 5.74) is 2.58. The molecule has 22 N–H and O–H groups in total. The van der Waals surface area contributed by atoms with E-state index in [1.165, 1.54) is 60.5 Å². The fourth-order valence-corrected chi connectivity index (χ4v) is 15.6. The number of rotatable bonds is 20. The minimum absolute atomic E-state index is 0.0432. The van der Waals surface area contributed by atoms with Crippen LogP contribution in [0.1, 0.15) is 111 Å². The monoisotopic (exact) mass is 1790 g/mol. The molecular formula is C80H87Cl4N13O26. The van der Waals surface area contributed by atoms with Gasteiger partial charge in [0.1, 0.15) is 101 Å². The van der Waals surface area contributed by atoms with Gasteiger partial charge in [-0.25, -0.2) is 10.3 Å². The fourth-order valence-electron chi connectivity index (χ4n) is 14.9. The van der Waals surface area contributed by atoms with Gasteiger partial charge in [-0.3, -0.25) is 52.9 Å². The van der Waals surface area contributed by atoms with Crippen molar-refractivity contribution in [3.63, 3.8) is 0 Å². The van der Waals surface area contributed by atoms with Gasteiger partial charge in [-0.05, 0) is 139 Å². The molecule has 6 aromatic carbocycles. The fraction of sp³-hybridized carbons (Fsp3) is 0.388. The number of benzene rings is 6. The number of carbonyl (C=O) groups is 9. The Bertz CT molecular complexity index is 5330. The number of carbonyl (C=O) groups excluding carboxylic acids is 9. The van der Waals surface area contributed by atoms with Crippen molar-refractivity contribution in [2.75, 3.05) is 25.5 Å². The smallest absolute Gasteiger partial charge is 0.349 e. The van der Waals surface area contributed by atoms with Gasteiger partial charge in [-0.1, -0.05) is 84.5 Å². The summed E-state index contributed by atoms with van der Waals surface area (Å²) in [5.74, 6) is -16.6. The van der Waals surface area contributed by atoms with Crippen LogP contribution in [-0.4, -0.2) is 213 Å². The lowest BCUT2D eigenvalue weighted by Crippen LogP contribution is -2.65. The number of ether oxygens (including phenoxy) is 6. The van der Waals surface area contributed by atoms with Crippen LogP contribution in [0.4, 0.5) is 5.82 Å². The van der Waals surface area contributed by atoms with Gasteiger partial charge < -0.3 is 128 Å². The van der Waals surface area contributed by atoms with Crippen molar-refractivity contribution >= 4 is 105 Å². The first-order valence-electron chi connectivity index (χ1n) is 38.3. The van der Waals surface area contributed by atoms with E-state index in [1.807, 2.05) is 0 Å². The molecule has 0 unspecified atom stereocenters. The van der Waals surface area contributed by atoms with Crippen LogP contribution >= 0.6 is 46.4 Å². The van der Waals surface area contributed by atoms with Gasteiger partial charge in [0.2, 0.25) is 59.3 Å². The van der Waals surface area contributed by atoms with Crippen molar-refractivity contribution in [2.24, 2.45) is 11.7 Å². The third kappa shape index (κ3) is 20.4. The first-order valence-corrected chi connectivity index (χ1v) is 39.8. The minimum Gasteiger partial charge on any atom is -0.508 e. The second-order valence-corrected chi connectivity index (χ2v) is 32.1. The van der Waals surface area contributed by atoms with Crippen molar-refractivity contribution in [1.82, 2.24) is 57.6 Å². The van der Waals surface area contributed by atoms with Gasteiger partial charge in [0.15, 0.2) is 23.9 Å². The molecule has 11 bridgehead atoms. The Balaban J connectivity index is 0.995. The van der Waals surface area contributed by atoms with E-state index < -0.39 is 254 Å². The maximum Gasteiger partial charge on any atom is 0.349 e. The summed E-state index contributed by atoms with van der Waals surface area (Å²) in [7, 11) is 1.46. The predicted molar refractivity (Wildman–Crippen MR) is 433 cm³/mol. The number of amides is 9. The molecule has 43 heteroatoms. The molecule has 14 rings (SSSR count). The van der Waals surface area contributed by atoms with Gasteiger partial charge in [0.25, 0.3) is 5.91 Å². The summed E-state index contributed by atoms with van der Waals surface area (Å²) in [6.45, 7) is 5.56. The average Bonchev–Trinajstić information content (AvgIpc) is 0.757. The number of aromatic nitrogens is 2. The van der Waals surface area contributed by atoms with Crippen LogP contribution in [0.2, 0.25) is 20.1 Å². The average molecular weight is 1790 g/mol. The summed E-state index contributed by atoms with van der Waals surface area (Å²) in [6.07, 6.45) is -18.3. The zero-order valence-corrected chi connectivity index (χ0v) is 68.7. The number of hydrogen-bond acceptors (Lipinski definition) is 29. The molecule has 2 saturated heterocycles. The summed E-state index contributed by atoms with van der Waals surface area (Å²) in [5, 5.41) is 139. The lowest BCUT2D eigenvalue weighted by atomic mass is 9.85. The second kappa shape index (κ2) is 38.4. The number of anilines is 1. The molecule has 656 valence electrons. The van der Waals surface area contributed by atoms with Crippen molar-refractivity contribution in [3.05, 3.63) is 173 Å². The van der Waals surface area contributed by atoms with E-state index in [2.05, 4.69) is 52.8 Å². The highest BCUT2D eigenvalue weighted by molar-refractivity contribution is 6.42. The van der Waals surface area contributed by atoms with Crippen LogP contribution in [0.25, 0.3) is 11.1 Å². The Morgan fingerprint density at radius 2 is 1.35 bits per heavy atom. The number of halogens is 4. The van der Waals surface area contributed by atoms with Gasteiger partial charge in [0, 0.05) is 48.4 Å². The molecule has 7 aliphatic rings. The predicted octanol–water partition coefficient (Wildman–Crippen LogP) is 1.90. The lowest BCUT2D eigenvalue weighted by Gasteiger charge is -2.48. The summed E-state index contributed by atoms with van der Waals surface area (Å²) in [6, 6.07) is 5.07. The molecule has 7 aromatic rings. The third-order valence-corrected chi connectivity index (χ3v) is 22.6. The molecule has 39 nitrogen and oxygen atoms in total. The molecule has 0 aliphatic carbocycles. The number of likely N-dealkylation sites (N-methyl/N-ethyl adjacent to an activating group) is 1. The van der Waals surface area contributed by atoms with E-state index >= 15 is 19.2 Å². The van der Waals surface area contributed by atoms with Gasteiger partial charge in [-0.2, -0.15) is 4.98 Å². The highest BCUT2D eigenvalue weighted by Crippen LogP contribution is 2.50. The standard InChI is InChI=1S/C80H87Cl4N13O26/c1-31(2)18-45(86-5)71(109)94-62-64(104)35-8-12-49(43(83)22-35)119-51-24-37-25-52(68(51)123-78-69(67(107)66(106)53(30-98)121-78)122-57-29-80(4,70(108)32(3)118-57)87-15-17-97-16-14-55(90-79(97)116)89-56(103)20-33-6-10-41(81)42(82)19-33)120-50-13-9-36(23-44(50)84)65(105)63-76(114)93-61(77(115)96-117)40-26-38(99)27-48(101)58(40)39-21-34(7-11-47(39)100)59(73(111)95-63)92-74(112)60(37)91-72(110)46(28-54(85)102)88-75(62)113/h6-14,16,19,21-27,31-32,45-46,53,57,59-67,69-70,78,86-87,98-101,104-108,117H,15,17-18,20,28-30H2,1-5H3,(H2,85,102)(H,88,113)(H,91,110)(H,92,112)(H,93,114)(H,94,109)(H,95,111)(H,96,115)(H,89,90,103,116)/t32-,45+,46-,53+,57-,59+,60+,61+,62+,63-,64+,65+,66+,67-,69+,70+,78-,80-/m0/s1. The first kappa shape index (κ1) is 91.1. The molecule has 1 aromatic heterocycles. The molecule has 0 radical (unpaired) electrons. The molecule has 123 heavy (non-hydrogen) atoms. The van der Waals surface area contributed by atoms with Crippen molar-refractivity contribution in [1.29, 1.82) is 0 Å². The molecule has 0 saturated carbocycles. The number of nitrogens with two attached hydrogens (primary N) is 1. The number of fused-ring (bicyclic) bond motifs is 15. The quantitative estimate of drug-likeness (QED) is 0.0383. The summed E-state index contributed by atoms with van der Waals surface area (Å²) >= 11 is 26.5. The number of aliphatic hydroxyl groups is 6. The van der Waals surface area contributed by atoms with E-state index in [-0.39, 0.29) is 76.6 Å². The Morgan fingerprint density at radius 3 is 1.98 bits per heavy atom. The molecule has 9 amide bonds. The highest BCUT2D eigenvalue weighted by Gasteiger charge is 2.52. The third-order valence-electron chi connectivity index (χ3n) is 21.2. The van der Waals surface area contributed by atoms with E-state index in [9.17, 15) is 79.9 Å². The van der Waals surface area contributed by atoms with E-state index in [0.717, 1.165) is 66.7 Å². The van der Waals surface area contributed by atoms with Crippen LogP contribution < -0.4 is 79.0 Å². The van der Waals surface area contributed by atoms with Crippen molar-refractivity contribution in [2.45, 2.75) is 169 Å². The van der Waals surface area contributed by atoms with E-state index in [1.54, 1.807) is 26.8 Å². The number of aliphatic hydroxyl groups excluding tert-OH is 6. The number of nitrogens with zero attached hydrogens (tertiary/aromatic N) is 2. The molecule has 0 spiro atoms. The molecule has 7 aliphatic heterocycles. The maximum absolute atomic E-state index is 16.3. The molecule has 2 fully saturated rings. The van der Waals surface area contributed by atoms with Crippen LogP contribution in [0.5, 0.6) is 46.0 Å². The second-order valence-electron chi connectivity index (χ2n) is 30.5. The largest absolute Gasteiger partial charge is 0.508 e. The Morgan fingerprint density at radius 1 is 0.699 bits per heavy atom. The normalized spacial score (nSPS) is 26.2. The van der Waals surface area contributed by atoms with Crippen molar-refractivity contribution in [3.8, 4) is 57.1 Å². The number of phenolic OH excluding ortho intramolecular Hbond substituents is 3. The van der Waals surface area contributed by atoms with Crippen LogP contribution in [-0.2, 0) is 70.3 Å². The van der Waals surface area contributed by atoms with Gasteiger partial charge in [0.05, 0.1) is 57.8 Å². The van der Waals surface area contributed by atoms with E-state index in [4.69, 9.17) is 80.6 Å². The van der Waals surface area contributed by atoms with Crippen molar-refractivity contribution < 1.29 is 123 Å². The van der Waals surface area contributed by atoms with Gasteiger partial charge >= 0.3 is 5.69 Å². The number of primary amides is 1. The highest BCUT2D eigenvalue weighted by atomic mass is 35.5. The van der Waals surface area contributed by atoms with E-state index in [0.29, 0.717) is 5.56 Å². The number of phenols is 3. The number of hydrogen-bond donors (Lipinski definition) is 21. The number of aromatic hydroxyl groups is 3. The SMILES string of the molecule is CN[C@H](CC(C)C)C(=O)N[C@H]1C(=O)N[C@@H](CC(N)=O)C(=O)N[C@H]2C(=O)N[C@H]3C(=O)N[C@H](C(=O)N[C@@H](C(=O)NO)c4cc(O)cc(O)c4-c4cc3ccc4O)[C@H](O)c3ccc(c(Cl)c3)Oc3cc2cc(c3O[C@@H]2O[C@H](CO)[C@@H](O)[C@H](O)[C@H]2O[C@H]2C[C@](C)(NCCn3ccc(NC(=O)Cc4ccc(Cl)c(Cl)c4)nc3=O)[C@H](O)[C@H](C)O2)Oc2ccc(cc2Cl)[C@H]1O. The topological polar surface area (TPSA) is 593 Å². The Hall–Kier alpha value is -11.1. The lowest BCUT2D eigenvalue weighted by molar-refractivity contribution is -0.334. The zero-order chi connectivity index (χ0) is 89.1. The van der Waals surface area contributed by atoms with Gasteiger partial charge in [-0.15, -0.1) is 0 Å². The first-order chi connectivity index (χ1) is 58.3. The van der Waals surface area contributed by atoms with Crippen LogP contribution in [0.3, 0.4) is 0 Å². The summed E-state index contributed by atoms with van der Waals surface area (Å²) < 4.78 is 40.5. The Labute approximate surface area is 718 Å². The number of nitrogens with one attached hydrogen (secondary N) is 10. The Kier molecular flexibility index (Phi) is 28.4.